The van der Waals surface area contributed by atoms with Crippen molar-refractivity contribution in [3.63, 3.8) is 0 Å². The van der Waals surface area contributed by atoms with Crippen molar-refractivity contribution in [2.75, 3.05) is 23.8 Å². The number of nitrogens with zero attached hydrogens (tertiary/aromatic N) is 1. The standard InChI is InChI=1S/C18H18N2O6S/c1-25-14-6-3-12(4-7-14)19-27(23,24)16-11-13(5-8-15(16)26-2)20-17(21)9-10-18(20)22/h3-8,11,19H,9-10H2,1-2H3. The number of ether oxygens (including phenoxy) is 2. The molecule has 1 heterocycles. The van der Waals surface area contributed by atoms with Gasteiger partial charge in [-0.3, -0.25) is 19.2 Å². The van der Waals surface area contributed by atoms with E-state index in [0.29, 0.717) is 11.4 Å². The number of amides is 2. The average molecular weight is 390 g/mol. The molecule has 3 rings (SSSR count). The zero-order chi connectivity index (χ0) is 19.6. The summed E-state index contributed by atoms with van der Waals surface area (Å²) in [4.78, 5) is 24.7. The average Bonchev–Trinajstić information content (AvgIpc) is 3.00. The molecule has 142 valence electrons. The monoisotopic (exact) mass is 390 g/mol. The van der Waals surface area contributed by atoms with Crippen molar-refractivity contribution < 1.29 is 27.5 Å². The first-order valence-electron chi connectivity index (χ1n) is 8.06. The number of anilines is 2. The Morgan fingerprint density at radius 1 is 0.926 bits per heavy atom. The van der Waals surface area contributed by atoms with E-state index in [0.717, 1.165) is 4.90 Å². The van der Waals surface area contributed by atoms with Gasteiger partial charge in [-0.1, -0.05) is 0 Å². The number of imide groups is 1. The highest BCUT2D eigenvalue weighted by Crippen LogP contribution is 2.32. The van der Waals surface area contributed by atoms with Gasteiger partial charge in [0.1, 0.15) is 16.4 Å². The van der Waals surface area contributed by atoms with Gasteiger partial charge in [-0.2, -0.15) is 0 Å². The van der Waals surface area contributed by atoms with Gasteiger partial charge in [0, 0.05) is 18.5 Å². The van der Waals surface area contributed by atoms with E-state index in [9.17, 15) is 18.0 Å². The highest BCUT2D eigenvalue weighted by atomic mass is 32.2. The molecule has 9 heteroatoms. The second-order valence-corrected chi connectivity index (χ2v) is 7.44. The van der Waals surface area contributed by atoms with Crippen LogP contribution in [0.2, 0.25) is 0 Å². The van der Waals surface area contributed by atoms with Crippen LogP contribution < -0.4 is 19.1 Å². The molecular weight excluding hydrogens is 372 g/mol. The molecule has 0 aromatic heterocycles. The largest absolute Gasteiger partial charge is 0.497 e. The molecule has 1 aliphatic rings. The van der Waals surface area contributed by atoms with Crippen LogP contribution in [0.1, 0.15) is 12.8 Å². The summed E-state index contributed by atoms with van der Waals surface area (Å²) >= 11 is 0. The molecule has 0 radical (unpaired) electrons. The van der Waals surface area contributed by atoms with E-state index in [-0.39, 0.29) is 41.0 Å². The van der Waals surface area contributed by atoms with Crippen LogP contribution in [0.4, 0.5) is 11.4 Å². The molecule has 2 aromatic rings. The van der Waals surface area contributed by atoms with Crippen molar-refractivity contribution in [1.82, 2.24) is 0 Å². The van der Waals surface area contributed by atoms with E-state index >= 15 is 0 Å². The number of hydrogen-bond acceptors (Lipinski definition) is 6. The Hall–Kier alpha value is -3.07. The molecule has 1 aliphatic heterocycles. The van der Waals surface area contributed by atoms with Crippen LogP contribution in [-0.2, 0) is 19.6 Å². The maximum absolute atomic E-state index is 12.9. The molecule has 8 nitrogen and oxygen atoms in total. The Kier molecular flexibility index (Phi) is 5.04. The van der Waals surface area contributed by atoms with Crippen molar-refractivity contribution in [1.29, 1.82) is 0 Å². The second-order valence-electron chi connectivity index (χ2n) is 5.79. The van der Waals surface area contributed by atoms with E-state index in [1.807, 2.05) is 0 Å². The van der Waals surface area contributed by atoms with E-state index in [1.165, 1.54) is 32.4 Å². The maximum atomic E-state index is 12.9. The fourth-order valence-corrected chi connectivity index (χ4v) is 4.00. The highest BCUT2D eigenvalue weighted by molar-refractivity contribution is 7.92. The van der Waals surface area contributed by atoms with Gasteiger partial charge < -0.3 is 9.47 Å². The van der Waals surface area contributed by atoms with Crippen molar-refractivity contribution in [2.24, 2.45) is 0 Å². The Morgan fingerprint density at radius 2 is 1.56 bits per heavy atom. The molecule has 1 saturated heterocycles. The Bertz CT molecular complexity index is 969. The number of methoxy groups -OCH3 is 2. The minimum atomic E-state index is -4.03. The predicted octanol–water partition coefficient (Wildman–Crippen LogP) is 2.16. The number of sulfonamides is 1. The molecule has 1 N–H and O–H groups in total. The van der Waals surface area contributed by atoms with E-state index in [2.05, 4.69) is 4.72 Å². The number of hydrogen-bond donors (Lipinski definition) is 1. The predicted molar refractivity (Wildman–Crippen MR) is 98.5 cm³/mol. The third-order valence-corrected chi connectivity index (χ3v) is 5.49. The first-order valence-corrected chi connectivity index (χ1v) is 9.55. The highest BCUT2D eigenvalue weighted by Gasteiger charge is 2.32. The topological polar surface area (TPSA) is 102 Å². The Labute approximate surface area is 156 Å². The lowest BCUT2D eigenvalue weighted by Crippen LogP contribution is -2.28. The molecule has 27 heavy (non-hydrogen) atoms. The molecule has 0 saturated carbocycles. The summed E-state index contributed by atoms with van der Waals surface area (Å²) in [5.41, 5.74) is 0.523. The van der Waals surface area contributed by atoms with Crippen molar-refractivity contribution in [3.05, 3.63) is 42.5 Å². The third-order valence-electron chi connectivity index (χ3n) is 4.09. The van der Waals surface area contributed by atoms with Gasteiger partial charge in [0.2, 0.25) is 11.8 Å². The van der Waals surface area contributed by atoms with Crippen LogP contribution in [0, 0.1) is 0 Å². The maximum Gasteiger partial charge on any atom is 0.265 e. The lowest BCUT2D eigenvalue weighted by atomic mass is 10.2. The minimum Gasteiger partial charge on any atom is -0.497 e. The fraction of sp³-hybridized carbons (Fsp3) is 0.222. The number of carbonyl (C=O) groups excluding carboxylic acids is 2. The van der Waals surface area contributed by atoms with Crippen LogP contribution in [0.3, 0.4) is 0 Å². The summed E-state index contributed by atoms with van der Waals surface area (Å²) in [6, 6.07) is 10.5. The quantitative estimate of drug-likeness (QED) is 0.759. The summed E-state index contributed by atoms with van der Waals surface area (Å²) in [5.74, 6) is -0.0457. The van der Waals surface area contributed by atoms with Crippen molar-refractivity contribution >= 4 is 33.2 Å². The van der Waals surface area contributed by atoms with Crippen molar-refractivity contribution in [3.8, 4) is 11.5 Å². The molecule has 2 aromatic carbocycles. The molecule has 1 fully saturated rings. The Morgan fingerprint density at radius 3 is 2.11 bits per heavy atom. The Balaban J connectivity index is 1.98. The lowest BCUT2D eigenvalue weighted by molar-refractivity contribution is -0.121. The summed E-state index contributed by atoms with van der Waals surface area (Å²) in [6.45, 7) is 0. The van der Waals surface area contributed by atoms with E-state index in [1.54, 1.807) is 24.3 Å². The van der Waals surface area contributed by atoms with Crippen LogP contribution in [0.15, 0.2) is 47.4 Å². The van der Waals surface area contributed by atoms with Crippen LogP contribution in [0.5, 0.6) is 11.5 Å². The van der Waals surface area contributed by atoms with Gasteiger partial charge in [0.25, 0.3) is 10.0 Å². The first kappa shape index (κ1) is 18.7. The van der Waals surface area contributed by atoms with Gasteiger partial charge in [-0.05, 0) is 42.5 Å². The number of nitrogens with one attached hydrogen (secondary N) is 1. The van der Waals surface area contributed by atoms with Gasteiger partial charge in [0.15, 0.2) is 0 Å². The van der Waals surface area contributed by atoms with Crippen LogP contribution in [-0.4, -0.2) is 34.5 Å². The van der Waals surface area contributed by atoms with Gasteiger partial charge in [-0.15, -0.1) is 0 Å². The lowest BCUT2D eigenvalue weighted by Gasteiger charge is -2.17. The normalized spacial score (nSPS) is 14.4. The minimum absolute atomic E-state index is 0.0962. The summed E-state index contributed by atoms with van der Waals surface area (Å²) in [5, 5.41) is 0. The molecule has 0 aliphatic carbocycles. The summed E-state index contributed by atoms with van der Waals surface area (Å²) < 4.78 is 38.4. The third kappa shape index (κ3) is 3.72. The van der Waals surface area contributed by atoms with Crippen molar-refractivity contribution in [2.45, 2.75) is 17.7 Å². The molecule has 0 atom stereocenters. The van der Waals surface area contributed by atoms with E-state index < -0.39 is 10.0 Å². The fourth-order valence-electron chi connectivity index (χ4n) is 2.75. The zero-order valence-electron chi connectivity index (χ0n) is 14.8. The number of rotatable bonds is 6. The smallest absolute Gasteiger partial charge is 0.265 e. The molecule has 0 spiro atoms. The van der Waals surface area contributed by atoms with Gasteiger partial charge in [0.05, 0.1) is 19.9 Å². The number of carbonyl (C=O) groups is 2. The first-order chi connectivity index (χ1) is 12.9. The van der Waals surface area contributed by atoms with Crippen LogP contribution >= 0.6 is 0 Å². The van der Waals surface area contributed by atoms with Crippen LogP contribution in [0.25, 0.3) is 0 Å². The SMILES string of the molecule is COc1ccc(NS(=O)(=O)c2cc(N3C(=O)CCC3=O)ccc2OC)cc1. The van der Waals surface area contributed by atoms with Gasteiger partial charge >= 0.3 is 0 Å². The second kappa shape index (κ2) is 7.28. The summed E-state index contributed by atoms with van der Waals surface area (Å²) in [6.07, 6.45) is 0.216. The molecular formula is C18H18N2O6S. The zero-order valence-corrected chi connectivity index (χ0v) is 15.6. The molecule has 2 amide bonds. The number of benzene rings is 2. The molecule has 0 bridgehead atoms. The van der Waals surface area contributed by atoms with E-state index in [4.69, 9.17) is 9.47 Å². The molecule has 0 unspecified atom stereocenters. The summed E-state index contributed by atoms with van der Waals surface area (Å²) in [7, 11) is -1.18. The van der Waals surface area contributed by atoms with Gasteiger partial charge in [-0.25, -0.2) is 8.42 Å².